The molecule has 0 aliphatic carbocycles. The first kappa shape index (κ1) is 17.0. The van der Waals surface area contributed by atoms with Crippen LogP contribution >= 0.6 is 0 Å². The van der Waals surface area contributed by atoms with Gasteiger partial charge in [0.1, 0.15) is 0 Å². The Balaban J connectivity index is 0. The molecule has 0 unspecified atom stereocenters. The summed E-state index contributed by atoms with van der Waals surface area (Å²) in [5, 5.41) is 0. The zero-order valence-electron chi connectivity index (χ0n) is 9.27. The first-order valence-corrected chi connectivity index (χ1v) is 3.98. The minimum absolute atomic E-state index is 0. The van der Waals surface area contributed by atoms with Crippen molar-refractivity contribution in [3.8, 4) is 11.1 Å². The fraction of sp³-hybridized carbons (Fsp3) is 0. The number of benzene rings is 2. The van der Waals surface area contributed by atoms with Gasteiger partial charge in [0, 0.05) is 0 Å². The van der Waals surface area contributed by atoms with Crippen molar-refractivity contribution in [2.75, 3.05) is 0 Å². The van der Waals surface area contributed by atoms with Gasteiger partial charge in [-0.15, -0.1) is 5.56 Å². The molecule has 0 nitrogen and oxygen atoms in total. The molecule has 0 aliphatic rings. The van der Waals surface area contributed by atoms with Crippen molar-refractivity contribution in [1.82, 2.24) is 0 Å². The van der Waals surface area contributed by atoms with Crippen LogP contribution in [-0.4, -0.2) is 0 Å². The van der Waals surface area contributed by atoms with E-state index in [9.17, 15) is 0 Å². The summed E-state index contributed by atoms with van der Waals surface area (Å²) in [5.74, 6) is 0. The maximum absolute atomic E-state index is 3.00. The fourth-order valence-corrected chi connectivity index (χ4v) is 1.21. The summed E-state index contributed by atoms with van der Waals surface area (Å²) < 4.78 is 0. The third-order valence-electron chi connectivity index (χ3n) is 1.83. The van der Waals surface area contributed by atoms with Gasteiger partial charge in [0.25, 0.3) is 0 Å². The number of rotatable bonds is 1. The Hall–Kier alpha value is -0.456. The molecule has 0 spiro atoms. The molecule has 74 valence electrons. The van der Waals surface area contributed by atoms with Crippen LogP contribution in [0.3, 0.4) is 0 Å². The van der Waals surface area contributed by atoms with Gasteiger partial charge in [-0.2, -0.15) is 30.3 Å². The van der Waals surface area contributed by atoms with Crippen LogP contribution in [0.1, 0.15) is 0 Å². The molecule has 0 N–H and O–H groups in total. The van der Waals surface area contributed by atoms with Crippen molar-refractivity contribution < 1.29 is 32.7 Å². The Kier molecular flexibility index (Phi) is 9.97. The van der Waals surface area contributed by atoms with E-state index < -0.39 is 0 Å². The molecular formula is C14H15Y. The first-order chi connectivity index (χ1) is 5.97. The Morgan fingerprint density at radius 3 is 1.67 bits per heavy atom. The van der Waals surface area contributed by atoms with Gasteiger partial charge >= 0.3 is 32.7 Å². The summed E-state index contributed by atoms with van der Waals surface area (Å²) in [6.45, 7) is 0. The molecule has 2 rings (SSSR count). The SMILES string of the molecule is [CH3-].[CH3-].[Y+3].[c-]1ccc(-c2ccccc2)cc1. The third kappa shape index (κ3) is 4.73. The Bertz CT molecular complexity index is 303. The van der Waals surface area contributed by atoms with Crippen molar-refractivity contribution in [3.05, 3.63) is 75.5 Å². The van der Waals surface area contributed by atoms with Gasteiger partial charge in [-0.25, -0.2) is 0 Å². The molecule has 0 amide bonds. The van der Waals surface area contributed by atoms with Crippen molar-refractivity contribution >= 4 is 0 Å². The van der Waals surface area contributed by atoms with Crippen molar-refractivity contribution in [1.29, 1.82) is 0 Å². The van der Waals surface area contributed by atoms with Crippen LogP contribution in [0.25, 0.3) is 11.1 Å². The molecule has 0 bridgehead atoms. The van der Waals surface area contributed by atoms with E-state index in [1.54, 1.807) is 0 Å². The summed E-state index contributed by atoms with van der Waals surface area (Å²) in [6.07, 6.45) is 0. The Labute approximate surface area is 119 Å². The maximum Gasteiger partial charge on any atom is 3.00 e. The molecule has 0 atom stereocenters. The van der Waals surface area contributed by atoms with Crippen LogP contribution in [0.15, 0.2) is 54.6 Å². The van der Waals surface area contributed by atoms with Crippen LogP contribution in [0.5, 0.6) is 0 Å². The van der Waals surface area contributed by atoms with Crippen molar-refractivity contribution in [2.45, 2.75) is 0 Å². The van der Waals surface area contributed by atoms with E-state index in [1.165, 1.54) is 11.1 Å². The second-order valence-electron chi connectivity index (χ2n) is 2.65. The molecule has 0 fully saturated rings. The zero-order chi connectivity index (χ0) is 8.23. The monoisotopic (exact) mass is 272 g/mol. The molecule has 0 aromatic heterocycles. The summed E-state index contributed by atoms with van der Waals surface area (Å²) in [5.41, 5.74) is 2.50. The van der Waals surface area contributed by atoms with E-state index in [0.29, 0.717) is 0 Å². The molecule has 15 heavy (non-hydrogen) atoms. The molecule has 0 saturated heterocycles. The molecule has 0 radical (unpaired) electrons. The fourth-order valence-electron chi connectivity index (χ4n) is 1.21. The number of hydrogen-bond donors (Lipinski definition) is 0. The van der Waals surface area contributed by atoms with Gasteiger partial charge in [0.15, 0.2) is 0 Å². The standard InChI is InChI=1S/C12H9.2CH3.Y/c1-3-7-11(8-4-1)12-9-5-2-6-10-12;;;/h1,3-10H;2*1H3;/q3*-1;+3. The smallest absolute Gasteiger partial charge is 0.358 e. The van der Waals surface area contributed by atoms with E-state index >= 15 is 0 Å². The summed E-state index contributed by atoms with van der Waals surface area (Å²) in [7, 11) is 0. The van der Waals surface area contributed by atoms with Crippen LogP contribution in [0.4, 0.5) is 0 Å². The average Bonchev–Trinajstić information content (AvgIpc) is 2.21. The summed E-state index contributed by atoms with van der Waals surface area (Å²) >= 11 is 0. The van der Waals surface area contributed by atoms with Gasteiger partial charge < -0.3 is 14.9 Å². The predicted octanol–water partition coefficient (Wildman–Crippen LogP) is 4.05. The van der Waals surface area contributed by atoms with E-state index in [4.69, 9.17) is 0 Å². The van der Waals surface area contributed by atoms with Gasteiger partial charge in [0.05, 0.1) is 0 Å². The van der Waals surface area contributed by atoms with Crippen LogP contribution in [0.2, 0.25) is 0 Å². The Morgan fingerprint density at radius 1 is 0.667 bits per heavy atom. The normalized spacial score (nSPS) is 7.73. The van der Waals surface area contributed by atoms with E-state index in [2.05, 4.69) is 30.3 Å². The predicted molar refractivity (Wildman–Crippen MR) is 63.5 cm³/mol. The quantitative estimate of drug-likeness (QED) is 0.687. The minimum atomic E-state index is 0. The summed E-state index contributed by atoms with van der Waals surface area (Å²) in [4.78, 5) is 0. The second-order valence-corrected chi connectivity index (χ2v) is 2.65. The minimum Gasteiger partial charge on any atom is -0.358 e. The van der Waals surface area contributed by atoms with E-state index in [-0.39, 0.29) is 47.6 Å². The van der Waals surface area contributed by atoms with Gasteiger partial charge in [-0.1, -0.05) is 30.3 Å². The van der Waals surface area contributed by atoms with Gasteiger partial charge in [-0.3, -0.25) is 0 Å². The molecule has 0 saturated carbocycles. The van der Waals surface area contributed by atoms with E-state index in [0.717, 1.165) is 0 Å². The van der Waals surface area contributed by atoms with Crippen LogP contribution in [0, 0.1) is 20.9 Å². The van der Waals surface area contributed by atoms with Crippen molar-refractivity contribution in [2.24, 2.45) is 0 Å². The van der Waals surface area contributed by atoms with Crippen LogP contribution in [-0.2, 0) is 32.7 Å². The second kappa shape index (κ2) is 8.82. The van der Waals surface area contributed by atoms with Crippen LogP contribution < -0.4 is 0 Å². The molecule has 2 aromatic carbocycles. The topological polar surface area (TPSA) is 0 Å². The molecule has 1 heteroatoms. The van der Waals surface area contributed by atoms with Crippen molar-refractivity contribution in [3.63, 3.8) is 0 Å². The third-order valence-corrected chi connectivity index (χ3v) is 1.83. The van der Waals surface area contributed by atoms with Gasteiger partial charge in [0.2, 0.25) is 0 Å². The molecule has 0 heterocycles. The van der Waals surface area contributed by atoms with Gasteiger partial charge in [-0.05, 0) is 5.56 Å². The molecule has 2 aromatic rings. The average molecular weight is 272 g/mol. The zero-order valence-corrected chi connectivity index (χ0v) is 12.1. The molecular weight excluding hydrogens is 257 g/mol. The summed E-state index contributed by atoms with van der Waals surface area (Å²) in [6, 6.07) is 21.3. The maximum atomic E-state index is 3.00. The Morgan fingerprint density at radius 2 is 1.13 bits per heavy atom. The molecule has 0 aliphatic heterocycles. The number of hydrogen-bond acceptors (Lipinski definition) is 0. The largest absolute Gasteiger partial charge is 3.00 e. The first-order valence-electron chi connectivity index (χ1n) is 3.98. The van der Waals surface area contributed by atoms with E-state index in [1.807, 2.05) is 30.3 Å².